The van der Waals surface area contributed by atoms with Crippen LogP contribution in [0.3, 0.4) is 0 Å². The minimum Gasteiger partial charge on any atom is -0.445 e. The van der Waals surface area contributed by atoms with Gasteiger partial charge in [-0.2, -0.15) is 0 Å². The number of carbonyl (C=O) groups is 1. The van der Waals surface area contributed by atoms with Gasteiger partial charge in [0.2, 0.25) is 0 Å². The molecule has 32 heavy (non-hydrogen) atoms. The molecule has 0 bridgehead atoms. The predicted molar refractivity (Wildman–Crippen MR) is 132 cm³/mol. The number of carbonyl (C=O) groups excluding carboxylic acids is 1. The summed E-state index contributed by atoms with van der Waals surface area (Å²) in [7, 11) is -2.09. The van der Waals surface area contributed by atoms with E-state index < -0.39 is 26.6 Å². The zero-order valence-electron chi connectivity index (χ0n) is 20.0. The van der Waals surface area contributed by atoms with Crippen LogP contribution in [0.15, 0.2) is 73.3 Å². The third-order valence-electron chi connectivity index (χ3n) is 6.09. The summed E-state index contributed by atoms with van der Waals surface area (Å²) >= 11 is 0. The maximum absolute atomic E-state index is 13.2. The Kier molecular flexibility index (Phi) is 9.25. The van der Waals surface area contributed by atoms with E-state index in [0.717, 1.165) is 11.1 Å². The number of aliphatic hydroxyl groups is 1. The van der Waals surface area contributed by atoms with Gasteiger partial charge in [-0.1, -0.05) is 87.5 Å². The SMILES string of the molecule is C=C[C@H](O)[C@@H](CO[Si](C)(C)C(C)(C)C)N(Cc1ccccc1)C(=O)OCc1ccccc1. The molecule has 0 aliphatic rings. The lowest BCUT2D eigenvalue weighted by molar-refractivity contribution is 0.0224. The van der Waals surface area contributed by atoms with Gasteiger partial charge in [0.1, 0.15) is 6.61 Å². The van der Waals surface area contributed by atoms with Crippen molar-refractivity contribution in [1.29, 1.82) is 0 Å². The summed E-state index contributed by atoms with van der Waals surface area (Å²) in [4.78, 5) is 14.8. The van der Waals surface area contributed by atoms with Crippen molar-refractivity contribution in [3.8, 4) is 0 Å². The highest BCUT2D eigenvalue weighted by molar-refractivity contribution is 6.74. The molecule has 1 N–H and O–H groups in total. The summed E-state index contributed by atoms with van der Waals surface area (Å²) in [6, 6.07) is 18.6. The summed E-state index contributed by atoms with van der Waals surface area (Å²) < 4.78 is 12.0. The molecule has 6 heteroatoms. The molecule has 0 radical (unpaired) electrons. The first-order valence-electron chi connectivity index (χ1n) is 11.0. The Morgan fingerprint density at radius 1 is 1.06 bits per heavy atom. The lowest BCUT2D eigenvalue weighted by Gasteiger charge is -2.40. The van der Waals surface area contributed by atoms with Crippen LogP contribution in [0.4, 0.5) is 4.79 Å². The number of rotatable bonds is 10. The van der Waals surface area contributed by atoms with E-state index in [1.165, 1.54) is 6.08 Å². The number of aliphatic hydroxyl groups excluding tert-OH is 1. The van der Waals surface area contributed by atoms with Crippen LogP contribution in [0.1, 0.15) is 31.9 Å². The highest BCUT2D eigenvalue weighted by atomic mass is 28.4. The molecule has 0 unspecified atom stereocenters. The molecule has 0 saturated carbocycles. The van der Waals surface area contributed by atoms with Gasteiger partial charge >= 0.3 is 6.09 Å². The highest BCUT2D eigenvalue weighted by Gasteiger charge is 2.39. The lowest BCUT2D eigenvalue weighted by Crippen LogP contribution is -2.52. The zero-order valence-corrected chi connectivity index (χ0v) is 21.0. The van der Waals surface area contributed by atoms with Gasteiger partial charge < -0.3 is 14.3 Å². The first-order chi connectivity index (χ1) is 15.0. The van der Waals surface area contributed by atoms with Crippen LogP contribution >= 0.6 is 0 Å². The van der Waals surface area contributed by atoms with Gasteiger partial charge in [-0.3, -0.25) is 4.90 Å². The Morgan fingerprint density at radius 3 is 2.09 bits per heavy atom. The fourth-order valence-corrected chi connectivity index (χ4v) is 3.96. The number of ether oxygens (including phenoxy) is 1. The molecule has 2 aromatic carbocycles. The molecular formula is C26H37NO4Si. The second-order valence-corrected chi connectivity index (χ2v) is 14.3. The molecule has 0 aromatic heterocycles. The molecule has 0 fully saturated rings. The van der Waals surface area contributed by atoms with Crippen molar-refractivity contribution in [2.45, 2.75) is 64.2 Å². The van der Waals surface area contributed by atoms with Gasteiger partial charge in [-0.05, 0) is 29.3 Å². The number of benzene rings is 2. The molecule has 0 aliphatic carbocycles. The molecular weight excluding hydrogens is 418 g/mol. The number of hydrogen-bond donors (Lipinski definition) is 1. The van der Waals surface area contributed by atoms with Crippen molar-refractivity contribution in [3.05, 3.63) is 84.4 Å². The molecule has 0 saturated heterocycles. The van der Waals surface area contributed by atoms with E-state index in [-0.39, 0.29) is 18.3 Å². The fraction of sp³-hybridized carbons (Fsp3) is 0.423. The van der Waals surface area contributed by atoms with E-state index in [2.05, 4.69) is 40.4 Å². The van der Waals surface area contributed by atoms with E-state index in [9.17, 15) is 9.90 Å². The smallest absolute Gasteiger partial charge is 0.410 e. The van der Waals surface area contributed by atoms with Gasteiger partial charge in [-0.15, -0.1) is 6.58 Å². The molecule has 0 heterocycles. The Balaban J connectivity index is 2.27. The number of amides is 1. The Morgan fingerprint density at radius 2 is 1.59 bits per heavy atom. The van der Waals surface area contributed by atoms with Crippen molar-refractivity contribution in [2.75, 3.05) is 6.61 Å². The molecule has 5 nitrogen and oxygen atoms in total. The van der Waals surface area contributed by atoms with Crippen molar-refractivity contribution in [2.24, 2.45) is 0 Å². The summed E-state index contributed by atoms with van der Waals surface area (Å²) in [5.41, 5.74) is 1.84. The zero-order chi connectivity index (χ0) is 23.8. The van der Waals surface area contributed by atoms with Gasteiger partial charge in [0, 0.05) is 6.54 Å². The van der Waals surface area contributed by atoms with Crippen molar-refractivity contribution >= 4 is 14.4 Å². The van der Waals surface area contributed by atoms with Crippen molar-refractivity contribution in [3.63, 3.8) is 0 Å². The topological polar surface area (TPSA) is 59.0 Å². The molecule has 1 amide bonds. The van der Waals surface area contributed by atoms with E-state index in [1.54, 1.807) is 4.90 Å². The van der Waals surface area contributed by atoms with Crippen LogP contribution in [0.2, 0.25) is 18.1 Å². The summed E-state index contributed by atoms with van der Waals surface area (Å²) in [5, 5.41) is 10.8. The number of nitrogens with zero attached hydrogens (tertiary/aromatic N) is 1. The van der Waals surface area contributed by atoms with Crippen molar-refractivity contribution < 1.29 is 19.1 Å². The van der Waals surface area contributed by atoms with E-state index in [1.807, 2.05) is 60.7 Å². The van der Waals surface area contributed by atoms with E-state index in [4.69, 9.17) is 9.16 Å². The van der Waals surface area contributed by atoms with Gasteiger partial charge in [0.15, 0.2) is 8.32 Å². The first kappa shape index (κ1) is 25.8. The van der Waals surface area contributed by atoms with Gasteiger partial charge in [0.25, 0.3) is 0 Å². The van der Waals surface area contributed by atoms with E-state index in [0.29, 0.717) is 6.54 Å². The molecule has 2 atom stereocenters. The highest BCUT2D eigenvalue weighted by Crippen LogP contribution is 2.37. The molecule has 2 aromatic rings. The number of hydrogen-bond acceptors (Lipinski definition) is 4. The standard InChI is InChI=1S/C26H37NO4Si/c1-7-24(28)23(20-31-32(5,6)26(2,3)4)27(18-21-14-10-8-11-15-21)25(29)30-19-22-16-12-9-13-17-22/h7-17,23-24,28H,1,18-20H2,2-6H3/t23-,24+/m1/s1. The monoisotopic (exact) mass is 455 g/mol. The van der Waals surface area contributed by atoms with Crippen LogP contribution in [-0.2, 0) is 22.3 Å². The van der Waals surface area contributed by atoms with Crippen LogP contribution in [0.25, 0.3) is 0 Å². The molecule has 0 aliphatic heterocycles. The lowest BCUT2D eigenvalue weighted by atomic mass is 10.1. The van der Waals surface area contributed by atoms with Crippen LogP contribution in [-0.4, -0.2) is 43.2 Å². The minimum absolute atomic E-state index is 0.00869. The second-order valence-electron chi connectivity index (χ2n) is 9.52. The van der Waals surface area contributed by atoms with Gasteiger partial charge in [0.05, 0.1) is 18.8 Å². The third-order valence-corrected chi connectivity index (χ3v) is 10.6. The van der Waals surface area contributed by atoms with Crippen LogP contribution in [0, 0.1) is 0 Å². The largest absolute Gasteiger partial charge is 0.445 e. The minimum atomic E-state index is -2.09. The van der Waals surface area contributed by atoms with E-state index >= 15 is 0 Å². The summed E-state index contributed by atoms with van der Waals surface area (Å²) in [5.74, 6) is 0. The first-order valence-corrected chi connectivity index (χ1v) is 13.9. The predicted octanol–water partition coefficient (Wildman–Crippen LogP) is 5.76. The maximum atomic E-state index is 13.2. The van der Waals surface area contributed by atoms with Crippen molar-refractivity contribution in [1.82, 2.24) is 4.90 Å². The van der Waals surface area contributed by atoms with Crippen LogP contribution < -0.4 is 0 Å². The second kappa shape index (κ2) is 11.5. The molecule has 2 rings (SSSR count). The van der Waals surface area contributed by atoms with Gasteiger partial charge in [-0.25, -0.2) is 4.79 Å². The quantitative estimate of drug-likeness (QED) is 0.365. The third kappa shape index (κ3) is 7.33. The summed E-state index contributed by atoms with van der Waals surface area (Å²) in [6.45, 7) is 15.2. The normalized spacial score (nSPS) is 13.8. The Hall–Kier alpha value is -2.41. The average Bonchev–Trinajstić information content (AvgIpc) is 2.77. The Bertz CT molecular complexity index is 849. The van der Waals surface area contributed by atoms with Crippen LogP contribution in [0.5, 0.6) is 0 Å². The molecule has 174 valence electrons. The maximum Gasteiger partial charge on any atom is 0.410 e. The molecule has 0 spiro atoms. The average molecular weight is 456 g/mol. The summed E-state index contributed by atoms with van der Waals surface area (Å²) in [6.07, 6.45) is -0.00233. The Labute approximate surface area is 193 Å². The fourth-order valence-electron chi connectivity index (χ4n) is 2.94.